The van der Waals surface area contributed by atoms with Gasteiger partial charge in [0.05, 0.1) is 11.5 Å². The highest BCUT2D eigenvalue weighted by molar-refractivity contribution is 5.62. The van der Waals surface area contributed by atoms with Crippen LogP contribution in [0.25, 0.3) is 0 Å². The number of benzene rings is 1. The Labute approximate surface area is 121 Å². The summed E-state index contributed by atoms with van der Waals surface area (Å²) in [6.45, 7) is 3.04. The molecule has 0 aliphatic carbocycles. The number of hydrogen-bond donors (Lipinski definition) is 1. The van der Waals surface area contributed by atoms with Crippen molar-refractivity contribution in [3.8, 4) is 6.07 Å². The first-order valence-corrected chi connectivity index (χ1v) is 6.44. The second-order valence-electron chi connectivity index (χ2n) is 4.41. The zero-order chi connectivity index (χ0) is 15.2. The van der Waals surface area contributed by atoms with Crippen LogP contribution < -0.4 is 5.32 Å². The van der Waals surface area contributed by atoms with Crippen LogP contribution in [0, 0.1) is 21.4 Å². The summed E-state index contributed by atoms with van der Waals surface area (Å²) in [5.74, 6) is 0.0984. The van der Waals surface area contributed by atoms with Crippen LogP contribution in [0.3, 0.4) is 0 Å². The molecular formula is C13H14N6O2. The Hall–Kier alpha value is -2.95. The molecule has 0 aliphatic heterocycles. The molecule has 2 rings (SSSR count). The fourth-order valence-corrected chi connectivity index (χ4v) is 1.85. The molecule has 2 aromatic rings. The fourth-order valence-electron chi connectivity index (χ4n) is 1.85. The third kappa shape index (κ3) is 3.54. The van der Waals surface area contributed by atoms with Gasteiger partial charge in [-0.25, -0.2) is 9.67 Å². The Kier molecular flexibility index (Phi) is 4.46. The minimum Gasteiger partial charge on any atom is -0.379 e. The minimum absolute atomic E-state index is 0.0449. The van der Waals surface area contributed by atoms with Gasteiger partial charge in [0, 0.05) is 12.6 Å². The zero-order valence-electron chi connectivity index (χ0n) is 11.5. The van der Waals surface area contributed by atoms with Crippen molar-refractivity contribution in [1.82, 2.24) is 14.8 Å². The lowest BCUT2D eigenvalue weighted by atomic mass is 10.1. The molecule has 0 fully saturated rings. The van der Waals surface area contributed by atoms with Crippen molar-refractivity contribution in [1.29, 1.82) is 5.26 Å². The van der Waals surface area contributed by atoms with Gasteiger partial charge in [0.1, 0.15) is 18.1 Å². The van der Waals surface area contributed by atoms with Crippen molar-refractivity contribution in [2.24, 2.45) is 0 Å². The maximum atomic E-state index is 11.0. The standard InChI is InChI=1S/C13H14N6O2/c1-2-5-15-11-6-10(3-4-12(11)19(20)21)8-18-9-16-13(7-14)17-18/h3-4,6,9,15H,2,5,8H2,1H3. The summed E-state index contributed by atoms with van der Waals surface area (Å²) in [4.78, 5) is 14.4. The van der Waals surface area contributed by atoms with E-state index in [1.54, 1.807) is 12.1 Å². The van der Waals surface area contributed by atoms with E-state index in [-0.39, 0.29) is 11.5 Å². The van der Waals surface area contributed by atoms with E-state index in [0.717, 1.165) is 12.0 Å². The molecule has 0 amide bonds. The van der Waals surface area contributed by atoms with Crippen LogP contribution in [0.15, 0.2) is 24.5 Å². The van der Waals surface area contributed by atoms with E-state index in [2.05, 4.69) is 15.4 Å². The van der Waals surface area contributed by atoms with E-state index in [4.69, 9.17) is 5.26 Å². The predicted molar refractivity (Wildman–Crippen MR) is 75.7 cm³/mol. The summed E-state index contributed by atoms with van der Waals surface area (Å²) in [5, 5.41) is 26.7. The summed E-state index contributed by atoms with van der Waals surface area (Å²) in [6, 6.07) is 6.71. The number of hydrogen-bond acceptors (Lipinski definition) is 6. The van der Waals surface area contributed by atoms with Crippen LogP contribution in [-0.4, -0.2) is 26.2 Å². The van der Waals surface area contributed by atoms with Crippen LogP contribution in [0.5, 0.6) is 0 Å². The normalized spacial score (nSPS) is 10.1. The van der Waals surface area contributed by atoms with Crippen molar-refractivity contribution in [2.45, 2.75) is 19.9 Å². The Morgan fingerprint density at radius 2 is 2.33 bits per heavy atom. The molecule has 1 aromatic carbocycles. The van der Waals surface area contributed by atoms with Gasteiger partial charge in [0.2, 0.25) is 0 Å². The van der Waals surface area contributed by atoms with Crippen LogP contribution >= 0.6 is 0 Å². The highest BCUT2D eigenvalue weighted by atomic mass is 16.6. The van der Waals surface area contributed by atoms with Gasteiger partial charge in [-0.05, 0) is 18.1 Å². The first-order chi connectivity index (χ1) is 10.1. The molecule has 0 aliphatic rings. The molecule has 0 saturated heterocycles. The monoisotopic (exact) mass is 286 g/mol. The second-order valence-corrected chi connectivity index (χ2v) is 4.41. The lowest BCUT2D eigenvalue weighted by Crippen LogP contribution is -2.06. The lowest BCUT2D eigenvalue weighted by molar-refractivity contribution is -0.384. The summed E-state index contributed by atoms with van der Waals surface area (Å²) in [5.41, 5.74) is 1.37. The minimum atomic E-state index is -0.412. The molecule has 8 heteroatoms. The summed E-state index contributed by atoms with van der Waals surface area (Å²) >= 11 is 0. The first-order valence-electron chi connectivity index (χ1n) is 6.44. The molecule has 0 unspecified atom stereocenters. The van der Waals surface area contributed by atoms with Crippen molar-refractivity contribution < 1.29 is 4.92 Å². The molecule has 0 bridgehead atoms. The molecule has 1 aromatic heterocycles. The van der Waals surface area contributed by atoms with E-state index < -0.39 is 4.92 Å². The largest absolute Gasteiger partial charge is 0.379 e. The van der Waals surface area contributed by atoms with Gasteiger partial charge in [-0.3, -0.25) is 10.1 Å². The first kappa shape index (κ1) is 14.5. The van der Waals surface area contributed by atoms with E-state index in [1.165, 1.54) is 17.1 Å². The summed E-state index contributed by atoms with van der Waals surface area (Å²) in [7, 11) is 0. The number of anilines is 1. The van der Waals surface area contributed by atoms with Gasteiger partial charge in [0.15, 0.2) is 0 Å². The van der Waals surface area contributed by atoms with Gasteiger partial charge < -0.3 is 5.32 Å². The molecule has 0 spiro atoms. The predicted octanol–water partition coefficient (Wildman–Crippen LogP) is 1.93. The summed E-state index contributed by atoms with van der Waals surface area (Å²) < 4.78 is 1.52. The summed E-state index contributed by atoms with van der Waals surface area (Å²) in [6.07, 6.45) is 2.33. The van der Waals surface area contributed by atoms with E-state index in [1.807, 2.05) is 13.0 Å². The maximum absolute atomic E-state index is 11.0. The second kappa shape index (κ2) is 6.47. The molecule has 0 saturated carbocycles. The molecular weight excluding hydrogens is 272 g/mol. The molecule has 8 nitrogen and oxygen atoms in total. The number of nitrogens with one attached hydrogen (secondary N) is 1. The Morgan fingerprint density at radius 3 is 2.95 bits per heavy atom. The highest BCUT2D eigenvalue weighted by Crippen LogP contribution is 2.25. The zero-order valence-corrected chi connectivity index (χ0v) is 11.5. The van der Waals surface area contributed by atoms with Crippen molar-refractivity contribution in [3.05, 3.63) is 46.0 Å². The smallest absolute Gasteiger partial charge is 0.292 e. The number of nitriles is 1. The van der Waals surface area contributed by atoms with Gasteiger partial charge in [-0.15, -0.1) is 5.10 Å². The molecule has 0 atom stereocenters. The Morgan fingerprint density at radius 1 is 1.52 bits per heavy atom. The molecule has 1 N–H and O–H groups in total. The Balaban J connectivity index is 2.24. The van der Waals surface area contributed by atoms with Gasteiger partial charge >= 0.3 is 0 Å². The number of nitro benzene ring substituents is 1. The quantitative estimate of drug-likeness (QED) is 0.641. The van der Waals surface area contributed by atoms with Crippen LogP contribution in [-0.2, 0) is 6.54 Å². The van der Waals surface area contributed by atoms with Crippen molar-refractivity contribution in [2.75, 3.05) is 11.9 Å². The SMILES string of the molecule is CCCNc1cc(Cn2cnc(C#N)n2)ccc1[N+](=O)[O-]. The number of aromatic nitrogens is 3. The van der Waals surface area contributed by atoms with Crippen molar-refractivity contribution in [3.63, 3.8) is 0 Å². The average Bonchev–Trinajstić information content (AvgIpc) is 2.92. The average molecular weight is 286 g/mol. The topological polar surface area (TPSA) is 110 Å². The number of nitro groups is 1. The van der Waals surface area contributed by atoms with E-state index in [9.17, 15) is 10.1 Å². The van der Waals surface area contributed by atoms with Crippen LogP contribution in [0.2, 0.25) is 0 Å². The molecule has 108 valence electrons. The lowest BCUT2D eigenvalue weighted by Gasteiger charge is -2.08. The van der Waals surface area contributed by atoms with E-state index in [0.29, 0.717) is 18.8 Å². The Bertz CT molecular complexity index is 688. The van der Waals surface area contributed by atoms with Gasteiger partial charge in [-0.1, -0.05) is 13.0 Å². The maximum Gasteiger partial charge on any atom is 0.292 e. The fraction of sp³-hybridized carbons (Fsp3) is 0.308. The van der Waals surface area contributed by atoms with Crippen LogP contribution in [0.1, 0.15) is 24.7 Å². The molecule has 21 heavy (non-hydrogen) atoms. The van der Waals surface area contributed by atoms with Gasteiger partial charge in [-0.2, -0.15) is 5.26 Å². The highest BCUT2D eigenvalue weighted by Gasteiger charge is 2.14. The van der Waals surface area contributed by atoms with E-state index >= 15 is 0 Å². The third-order valence-corrected chi connectivity index (χ3v) is 2.80. The van der Waals surface area contributed by atoms with Crippen LogP contribution in [0.4, 0.5) is 11.4 Å². The molecule has 1 heterocycles. The van der Waals surface area contributed by atoms with Gasteiger partial charge in [0.25, 0.3) is 11.5 Å². The number of rotatable bonds is 6. The number of nitrogens with zero attached hydrogens (tertiary/aromatic N) is 5. The molecule has 0 radical (unpaired) electrons. The third-order valence-electron chi connectivity index (χ3n) is 2.80. The van der Waals surface area contributed by atoms with Crippen molar-refractivity contribution >= 4 is 11.4 Å².